The van der Waals surface area contributed by atoms with Gasteiger partial charge in [0.25, 0.3) is 0 Å². The van der Waals surface area contributed by atoms with Crippen LogP contribution in [0.4, 0.5) is 21.9 Å². The van der Waals surface area contributed by atoms with Gasteiger partial charge in [0.2, 0.25) is 11.6 Å². The number of nitrogens with two attached hydrogens (primary N) is 2. The average Bonchev–Trinajstić information content (AvgIpc) is 3.31. The topological polar surface area (TPSA) is 136 Å². The second kappa shape index (κ2) is 9.68. The summed E-state index contributed by atoms with van der Waals surface area (Å²) in [4.78, 5) is 34.8. The van der Waals surface area contributed by atoms with Gasteiger partial charge in [-0.15, -0.1) is 0 Å². The fourth-order valence-corrected chi connectivity index (χ4v) is 4.38. The fourth-order valence-electron chi connectivity index (χ4n) is 2.64. The number of ketones is 2. The first-order chi connectivity index (χ1) is 14.4. The Morgan fingerprint density at radius 2 is 1.17 bits per heavy atom. The molecule has 2 aromatic heterocycles. The van der Waals surface area contributed by atoms with Crippen LogP contribution >= 0.6 is 22.7 Å². The highest BCUT2D eigenvalue weighted by Crippen LogP contribution is 2.29. The summed E-state index contributed by atoms with van der Waals surface area (Å²) in [5.74, 6) is -0.0459. The van der Waals surface area contributed by atoms with Crippen molar-refractivity contribution in [2.24, 2.45) is 0 Å². The van der Waals surface area contributed by atoms with Crippen molar-refractivity contribution in [3.05, 3.63) is 45.1 Å². The number of carbonyl (C=O) groups is 2. The summed E-state index contributed by atoms with van der Waals surface area (Å²) in [6.45, 7) is 5.60. The van der Waals surface area contributed by atoms with Gasteiger partial charge >= 0.3 is 0 Å². The summed E-state index contributed by atoms with van der Waals surface area (Å²) in [5, 5.41) is 7.51. The van der Waals surface area contributed by atoms with E-state index in [9.17, 15) is 9.59 Å². The number of aromatic nitrogens is 2. The first kappa shape index (κ1) is 21.7. The molecule has 0 spiro atoms. The van der Waals surface area contributed by atoms with Crippen molar-refractivity contribution in [1.29, 1.82) is 0 Å². The molecule has 0 saturated carbocycles. The fraction of sp³-hybridized carbons (Fsp3) is 0.300. The van der Waals surface area contributed by atoms with E-state index >= 15 is 0 Å². The lowest BCUT2D eigenvalue weighted by Crippen LogP contribution is -2.05. The lowest BCUT2D eigenvalue weighted by molar-refractivity contribution is 0.103. The zero-order valence-electron chi connectivity index (χ0n) is 16.8. The molecule has 6 N–H and O–H groups in total. The zero-order valence-corrected chi connectivity index (χ0v) is 18.5. The van der Waals surface area contributed by atoms with Gasteiger partial charge in [0, 0.05) is 24.2 Å². The molecule has 0 saturated heterocycles. The van der Waals surface area contributed by atoms with Crippen LogP contribution in [0.15, 0.2) is 24.3 Å². The number of rotatable bonds is 10. The molecule has 0 aliphatic rings. The number of nitrogens with zero attached hydrogens (tertiary/aromatic N) is 2. The Labute approximate surface area is 182 Å². The Hall–Kier alpha value is -2.98. The summed E-state index contributed by atoms with van der Waals surface area (Å²) >= 11 is 2.45. The van der Waals surface area contributed by atoms with Crippen LogP contribution in [-0.2, 0) is 0 Å². The monoisotopic (exact) mass is 444 g/mol. The lowest BCUT2D eigenvalue weighted by atomic mass is 10.0. The Morgan fingerprint density at radius 1 is 0.800 bits per heavy atom. The molecule has 10 heteroatoms. The predicted octanol–water partition coefficient (Wildman–Crippen LogP) is 3.87. The number of thiazole rings is 2. The van der Waals surface area contributed by atoms with E-state index < -0.39 is 0 Å². The zero-order chi connectivity index (χ0) is 21.7. The maximum Gasteiger partial charge on any atom is 0.206 e. The minimum Gasteiger partial charge on any atom is -0.382 e. The maximum atomic E-state index is 12.8. The number of anilines is 4. The molecular weight excluding hydrogens is 420 g/mol. The van der Waals surface area contributed by atoms with Crippen LogP contribution in [0.3, 0.4) is 0 Å². The van der Waals surface area contributed by atoms with Crippen molar-refractivity contribution >= 4 is 56.1 Å². The van der Waals surface area contributed by atoms with Crippen LogP contribution in [0.1, 0.15) is 57.2 Å². The van der Waals surface area contributed by atoms with Crippen LogP contribution in [0.25, 0.3) is 0 Å². The molecule has 0 radical (unpaired) electrons. The SMILES string of the molecule is CCCNc1nc(N)c(C(=O)c2ccc(C(=O)c3sc(NCCC)nc3N)cc2)s1. The molecule has 0 amide bonds. The second-order valence-corrected chi connectivity index (χ2v) is 8.55. The quantitative estimate of drug-likeness (QED) is 0.346. The number of hydrogen-bond donors (Lipinski definition) is 4. The van der Waals surface area contributed by atoms with Crippen molar-refractivity contribution in [3.63, 3.8) is 0 Å². The van der Waals surface area contributed by atoms with E-state index in [4.69, 9.17) is 11.5 Å². The smallest absolute Gasteiger partial charge is 0.206 e. The van der Waals surface area contributed by atoms with Gasteiger partial charge in [0.05, 0.1) is 0 Å². The summed E-state index contributed by atoms with van der Waals surface area (Å²) in [6.07, 6.45) is 1.89. The van der Waals surface area contributed by atoms with Crippen molar-refractivity contribution in [1.82, 2.24) is 9.97 Å². The summed E-state index contributed by atoms with van der Waals surface area (Å²) in [7, 11) is 0. The number of nitrogens with one attached hydrogen (secondary N) is 2. The number of carbonyl (C=O) groups excluding carboxylic acids is 2. The van der Waals surface area contributed by atoms with E-state index in [1.54, 1.807) is 24.3 Å². The molecule has 3 rings (SSSR count). The van der Waals surface area contributed by atoms with E-state index in [1.165, 1.54) is 22.7 Å². The Bertz CT molecular complexity index is 959. The molecule has 158 valence electrons. The number of hydrogen-bond acceptors (Lipinski definition) is 10. The van der Waals surface area contributed by atoms with Crippen LogP contribution in [0, 0.1) is 0 Å². The number of benzene rings is 1. The molecule has 0 atom stereocenters. The van der Waals surface area contributed by atoms with Gasteiger partial charge in [0.1, 0.15) is 21.4 Å². The first-order valence-corrected chi connectivity index (χ1v) is 11.3. The van der Waals surface area contributed by atoms with E-state index in [0.29, 0.717) is 31.1 Å². The van der Waals surface area contributed by atoms with Crippen molar-refractivity contribution in [2.75, 3.05) is 35.2 Å². The molecule has 1 aromatic carbocycles. The van der Waals surface area contributed by atoms with Gasteiger partial charge in [-0.05, 0) is 12.8 Å². The third-order valence-electron chi connectivity index (χ3n) is 4.18. The van der Waals surface area contributed by atoms with Gasteiger partial charge in [-0.1, -0.05) is 60.8 Å². The van der Waals surface area contributed by atoms with Gasteiger partial charge in [-0.2, -0.15) is 0 Å². The highest BCUT2D eigenvalue weighted by molar-refractivity contribution is 7.18. The van der Waals surface area contributed by atoms with E-state index in [1.807, 2.05) is 13.8 Å². The standard InChI is InChI=1S/C20H24N6O2S2/c1-3-9-23-19-25-17(21)15(29-19)13(27)11-5-7-12(8-6-11)14(28)16-18(22)26-20(30-16)24-10-4-2/h5-8H,3-4,9-10,21-22H2,1-2H3,(H,23,25)(H,24,26). The van der Waals surface area contributed by atoms with Crippen LogP contribution in [0.2, 0.25) is 0 Å². The summed E-state index contributed by atoms with van der Waals surface area (Å²) in [6, 6.07) is 6.45. The molecule has 0 unspecified atom stereocenters. The molecule has 0 fully saturated rings. The highest BCUT2D eigenvalue weighted by Gasteiger charge is 2.21. The molecule has 0 bridgehead atoms. The molecule has 2 heterocycles. The van der Waals surface area contributed by atoms with Gasteiger partial charge in [0.15, 0.2) is 10.3 Å². The van der Waals surface area contributed by atoms with Gasteiger partial charge < -0.3 is 22.1 Å². The Balaban J connectivity index is 1.76. The Morgan fingerprint density at radius 3 is 1.50 bits per heavy atom. The molecule has 30 heavy (non-hydrogen) atoms. The minimum absolute atomic E-state index is 0.202. The van der Waals surface area contributed by atoms with Crippen molar-refractivity contribution < 1.29 is 9.59 Å². The maximum absolute atomic E-state index is 12.8. The normalized spacial score (nSPS) is 10.7. The highest BCUT2D eigenvalue weighted by atomic mass is 32.1. The molecule has 3 aromatic rings. The molecule has 0 aliphatic heterocycles. The van der Waals surface area contributed by atoms with E-state index in [2.05, 4.69) is 20.6 Å². The van der Waals surface area contributed by atoms with Gasteiger partial charge in [-0.3, -0.25) is 9.59 Å². The molecule has 8 nitrogen and oxygen atoms in total. The minimum atomic E-state index is -0.225. The predicted molar refractivity (Wildman–Crippen MR) is 124 cm³/mol. The van der Waals surface area contributed by atoms with Crippen LogP contribution in [0.5, 0.6) is 0 Å². The second-order valence-electron chi connectivity index (χ2n) is 6.56. The average molecular weight is 445 g/mol. The third kappa shape index (κ3) is 4.77. The molecular formula is C20H24N6O2S2. The number of nitrogen functional groups attached to an aromatic ring is 2. The van der Waals surface area contributed by atoms with E-state index in [-0.39, 0.29) is 23.2 Å². The van der Waals surface area contributed by atoms with Crippen LogP contribution in [-0.4, -0.2) is 34.6 Å². The van der Waals surface area contributed by atoms with Gasteiger partial charge in [-0.25, -0.2) is 9.97 Å². The Kier molecular flexibility index (Phi) is 7.01. The van der Waals surface area contributed by atoms with Crippen molar-refractivity contribution in [2.45, 2.75) is 26.7 Å². The first-order valence-electron chi connectivity index (χ1n) is 9.64. The largest absolute Gasteiger partial charge is 0.382 e. The van der Waals surface area contributed by atoms with Crippen LogP contribution < -0.4 is 22.1 Å². The van der Waals surface area contributed by atoms with E-state index in [0.717, 1.165) is 25.9 Å². The van der Waals surface area contributed by atoms with Crippen molar-refractivity contribution in [3.8, 4) is 0 Å². The molecule has 0 aliphatic carbocycles. The lowest BCUT2D eigenvalue weighted by Gasteiger charge is -2.02. The third-order valence-corrected chi connectivity index (χ3v) is 6.24. The summed E-state index contributed by atoms with van der Waals surface area (Å²) < 4.78 is 0. The summed E-state index contributed by atoms with van der Waals surface area (Å²) in [5.41, 5.74) is 12.7.